The van der Waals surface area contributed by atoms with Crippen molar-refractivity contribution in [3.63, 3.8) is 0 Å². The summed E-state index contributed by atoms with van der Waals surface area (Å²) in [6, 6.07) is 13.6. The quantitative estimate of drug-likeness (QED) is 0.159. The van der Waals surface area contributed by atoms with Crippen molar-refractivity contribution in [2.24, 2.45) is 0 Å². The number of hydrogen-bond acceptors (Lipinski definition) is 10. The van der Waals surface area contributed by atoms with E-state index in [-0.39, 0.29) is 42.9 Å². The average molecular weight is 760 g/mol. The number of pyridine rings is 2. The fraction of sp³-hybridized carbons (Fsp3) is 0.415. The van der Waals surface area contributed by atoms with E-state index in [4.69, 9.17) is 4.98 Å². The summed E-state index contributed by atoms with van der Waals surface area (Å²) in [4.78, 5) is 64.2. The summed E-state index contributed by atoms with van der Waals surface area (Å²) in [5.74, 6) is 0.774. The van der Waals surface area contributed by atoms with E-state index in [1.807, 2.05) is 42.1 Å². The van der Waals surface area contributed by atoms with Gasteiger partial charge in [0.05, 0.1) is 23.0 Å². The molecule has 2 aliphatic rings. The smallest absolute Gasteiger partial charge is 0.329 e. The second kappa shape index (κ2) is 16.4. The zero-order valence-electron chi connectivity index (χ0n) is 32.6. The molecule has 0 atom stereocenters. The highest BCUT2D eigenvalue weighted by atomic mass is 16.2. The lowest BCUT2D eigenvalue weighted by Crippen LogP contribution is -2.50. The van der Waals surface area contributed by atoms with Gasteiger partial charge in [0.25, 0.3) is 11.5 Å². The van der Waals surface area contributed by atoms with Gasteiger partial charge < -0.3 is 15.2 Å². The molecule has 4 aromatic heterocycles. The van der Waals surface area contributed by atoms with Gasteiger partial charge in [-0.1, -0.05) is 13.3 Å². The Morgan fingerprint density at radius 1 is 0.982 bits per heavy atom. The topological polar surface area (TPSA) is 174 Å². The third-order valence-electron chi connectivity index (χ3n) is 10.7. The predicted molar refractivity (Wildman–Crippen MR) is 215 cm³/mol. The molecule has 2 fully saturated rings. The Bertz CT molecular complexity index is 2290. The summed E-state index contributed by atoms with van der Waals surface area (Å²) >= 11 is 0. The monoisotopic (exact) mass is 759 g/mol. The highest BCUT2D eigenvalue weighted by Gasteiger charge is 2.27. The first-order valence-corrected chi connectivity index (χ1v) is 19.4. The third-order valence-corrected chi connectivity index (χ3v) is 10.7. The van der Waals surface area contributed by atoms with Crippen molar-refractivity contribution in [2.45, 2.75) is 85.0 Å². The highest BCUT2D eigenvalue weighted by Crippen LogP contribution is 2.31. The molecule has 0 bridgehead atoms. The number of benzene rings is 1. The van der Waals surface area contributed by atoms with E-state index in [1.54, 1.807) is 12.3 Å². The maximum atomic E-state index is 13.9. The van der Waals surface area contributed by atoms with Crippen LogP contribution < -0.4 is 26.0 Å². The van der Waals surface area contributed by atoms with Crippen LogP contribution in [0.3, 0.4) is 0 Å². The molecule has 0 aliphatic carbocycles. The lowest BCUT2D eigenvalue weighted by molar-refractivity contribution is -0.120. The van der Waals surface area contributed by atoms with E-state index >= 15 is 0 Å². The van der Waals surface area contributed by atoms with Crippen molar-refractivity contribution >= 4 is 40.4 Å². The highest BCUT2D eigenvalue weighted by molar-refractivity contribution is 6.08. The molecule has 5 aromatic rings. The third kappa shape index (κ3) is 8.17. The molecule has 0 radical (unpaired) electrons. The largest absolute Gasteiger partial charge is 0.357 e. The van der Waals surface area contributed by atoms with Crippen molar-refractivity contribution < 1.29 is 14.4 Å². The molecule has 15 heteroatoms. The van der Waals surface area contributed by atoms with Gasteiger partial charge in [0, 0.05) is 79.6 Å². The van der Waals surface area contributed by atoms with Crippen LogP contribution in [0, 0.1) is 6.92 Å². The first-order valence-electron chi connectivity index (χ1n) is 19.4. The lowest BCUT2D eigenvalue weighted by atomic mass is 10.00. The van der Waals surface area contributed by atoms with Crippen LogP contribution >= 0.6 is 0 Å². The SMILES string of the molecule is CCCc1cc(C)[nH]c(=O)c1CNC(=O)c1cc(-c2ccc(N3CCC(N(C)Cc4ccc(N5CCC(=O)NC5=O)nn4)CC3)nc2)cc2c1cnn2C(C)C. The molecule has 15 nitrogen and oxygen atoms in total. The maximum absolute atomic E-state index is 13.9. The summed E-state index contributed by atoms with van der Waals surface area (Å²) in [5, 5.41) is 19.3. The van der Waals surface area contributed by atoms with Crippen LogP contribution in [-0.2, 0) is 24.3 Å². The molecule has 1 aromatic carbocycles. The second-order valence-corrected chi connectivity index (χ2v) is 15.0. The molecule has 292 valence electrons. The van der Waals surface area contributed by atoms with Crippen molar-refractivity contribution in [2.75, 3.05) is 36.5 Å². The molecule has 2 saturated heterocycles. The van der Waals surface area contributed by atoms with E-state index < -0.39 is 6.03 Å². The maximum Gasteiger partial charge on any atom is 0.329 e. The van der Waals surface area contributed by atoms with Crippen LogP contribution in [-0.4, -0.2) is 85.4 Å². The molecule has 0 unspecified atom stereocenters. The number of nitrogens with zero attached hydrogens (tertiary/aromatic N) is 8. The van der Waals surface area contributed by atoms with Crippen molar-refractivity contribution in [1.82, 2.24) is 45.5 Å². The normalized spacial score (nSPS) is 15.3. The summed E-state index contributed by atoms with van der Waals surface area (Å²) < 4.78 is 1.92. The summed E-state index contributed by atoms with van der Waals surface area (Å²) in [7, 11) is 2.09. The summed E-state index contributed by atoms with van der Waals surface area (Å²) in [5.41, 5.74) is 6.06. The Balaban J connectivity index is 1.01. The number of hydrogen-bond donors (Lipinski definition) is 3. The first kappa shape index (κ1) is 38.3. The molecule has 6 heterocycles. The molecule has 0 saturated carbocycles. The Labute approximate surface area is 325 Å². The number of carbonyl (C=O) groups is 3. The minimum absolute atomic E-state index is 0.0838. The number of amides is 4. The van der Waals surface area contributed by atoms with Gasteiger partial charge in [-0.3, -0.25) is 34.2 Å². The van der Waals surface area contributed by atoms with Crippen LogP contribution in [0.2, 0.25) is 0 Å². The Kier molecular flexibility index (Phi) is 11.2. The number of aromatic nitrogens is 6. The van der Waals surface area contributed by atoms with Gasteiger partial charge in [-0.05, 0) is 101 Å². The second-order valence-electron chi connectivity index (χ2n) is 15.0. The number of anilines is 2. The van der Waals surface area contributed by atoms with Crippen LogP contribution in [0.1, 0.15) is 85.4 Å². The number of piperidine rings is 1. The number of imide groups is 1. The van der Waals surface area contributed by atoms with Gasteiger partial charge >= 0.3 is 6.03 Å². The van der Waals surface area contributed by atoms with Crippen molar-refractivity contribution in [3.05, 3.63) is 93.3 Å². The van der Waals surface area contributed by atoms with Crippen molar-refractivity contribution in [3.8, 4) is 11.1 Å². The number of aromatic amines is 1. The number of nitrogens with one attached hydrogen (secondary N) is 3. The molecule has 3 N–H and O–H groups in total. The molecule has 4 amide bonds. The van der Waals surface area contributed by atoms with Crippen molar-refractivity contribution in [1.29, 1.82) is 0 Å². The van der Waals surface area contributed by atoms with E-state index in [0.717, 1.165) is 83.6 Å². The van der Waals surface area contributed by atoms with E-state index in [0.29, 0.717) is 29.5 Å². The Hall–Kier alpha value is -5.96. The standard InChI is InChI=1S/C41H49N11O4/c1-6-7-27-18-26(4)45-40(55)33(27)22-43-39(54)32-19-29(20-35-34(32)23-44-52(35)25(2)3)28-8-10-36(42-21-28)50-15-12-31(13-16-50)49(5)24-30-9-11-37(48-47-30)51-17-14-38(53)46-41(51)56/h8-11,18-21,23,25,31H,6-7,12-17,22,24H2,1-5H3,(H,43,54)(H,45,55)(H,46,53,56). The van der Waals surface area contributed by atoms with Gasteiger partial charge in [0.15, 0.2) is 5.82 Å². The van der Waals surface area contributed by atoms with Gasteiger partial charge in [-0.15, -0.1) is 5.10 Å². The minimum Gasteiger partial charge on any atom is -0.357 e. The van der Waals surface area contributed by atoms with Gasteiger partial charge in [0.2, 0.25) is 5.91 Å². The zero-order valence-corrected chi connectivity index (χ0v) is 32.6. The fourth-order valence-corrected chi connectivity index (χ4v) is 7.67. The lowest BCUT2D eigenvalue weighted by Gasteiger charge is -2.37. The zero-order chi connectivity index (χ0) is 39.5. The number of rotatable bonds is 12. The molecular weight excluding hydrogens is 711 g/mol. The van der Waals surface area contributed by atoms with Crippen LogP contribution in [0.15, 0.2) is 59.7 Å². The number of urea groups is 1. The van der Waals surface area contributed by atoms with Gasteiger partial charge in [0.1, 0.15) is 5.82 Å². The fourth-order valence-electron chi connectivity index (χ4n) is 7.67. The average Bonchev–Trinajstić information content (AvgIpc) is 3.62. The van der Waals surface area contributed by atoms with E-state index in [9.17, 15) is 19.2 Å². The van der Waals surface area contributed by atoms with Gasteiger partial charge in [-0.2, -0.15) is 10.2 Å². The van der Waals surface area contributed by atoms with E-state index in [1.165, 1.54) is 4.90 Å². The molecule has 0 spiro atoms. The molecule has 56 heavy (non-hydrogen) atoms. The number of aryl methyl sites for hydroxylation is 2. The molecule has 7 rings (SSSR count). The van der Waals surface area contributed by atoms with Gasteiger partial charge in [-0.25, -0.2) is 9.78 Å². The predicted octanol–water partition coefficient (Wildman–Crippen LogP) is 4.90. The number of H-pyrrole nitrogens is 1. The Morgan fingerprint density at radius 3 is 2.45 bits per heavy atom. The van der Waals surface area contributed by atoms with E-state index in [2.05, 4.69) is 80.7 Å². The Morgan fingerprint density at radius 2 is 1.77 bits per heavy atom. The summed E-state index contributed by atoms with van der Waals surface area (Å²) in [6.45, 7) is 10.8. The first-order chi connectivity index (χ1) is 27.0. The van der Waals surface area contributed by atoms with Crippen LogP contribution in [0.5, 0.6) is 0 Å². The molecule has 2 aliphatic heterocycles. The minimum atomic E-state index is -0.475. The molecular formula is C41H49N11O4. The van der Waals surface area contributed by atoms with Crippen LogP contribution in [0.25, 0.3) is 22.0 Å². The number of fused-ring (bicyclic) bond motifs is 1. The van der Waals surface area contributed by atoms with Crippen LogP contribution in [0.4, 0.5) is 16.4 Å². The number of carbonyl (C=O) groups excluding carboxylic acids is 3. The summed E-state index contributed by atoms with van der Waals surface area (Å²) in [6.07, 6.45) is 7.40.